The van der Waals surface area contributed by atoms with Crippen LogP contribution in [0.5, 0.6) is 0 Å². The third kappa shape index (κ3) is 3.69. The molecule has 4 heterocycles. The molecule has 1 aliphatic rings. The van der Waals surface area contributed by atoms with E-state index in [1.165, 1.54) is 11.1 Å². The summed E-state index contributed by atoms with van der Waals surface area (Å²) in [4.78, 5) is 26.6. The third-order valence-electron chi connectivity index (χ3n) is 5.33. The van der Waals surface area contributed by atoms with Crippen LogP contribution in [0.2, 0.25) is 0 Å². The van der Waals surface area contributed by atoms with Crippen LogP contribution in [0.4, 0.5) is 5.82 Å². The standard InChI is InChI=1S/C22H21N5OS2/c23-18(28)12-26-7-9-27(10-8-26)21-19-17(15-4-2-1-3-5-15)14-30-22(19)25-20(24-21)16-6-11-29-13-16/h1-6,11,13-14H,7-10,12H2,(H2,23,28). The van der Waals surface area contributed by atoms with Crippen LogP contribution in [0.15, 0.2) is 52.5 Å². The van der Waals surface area contributed by atoms with E-state index in [2.05, 4.69) is 56.3 Å². The summed E-state index contributed by atoms with van der Waals surface area (Å²) in [5.41, 5.74) is 8.76. The largest absolute Gasteiger partial charge is 0.369 e. The molecular formula is C22H21N5OS2. The first-order chi connectivity index (χ1) is 14.7. The highest BCUT2D eigenvalue weighted by atomic mass is 32.1. The van der Waals surface area contributed by atoms with Crippen LogP contribution < -0.4 is 10.6 Å². The summed E-state index contributed by atoms with van der Waals surface area (Å²) >= 11 is 3.31. The molecule has 1 fully saturated rings. The van der Waals surface area contributed by atoms with Crippen molar-refractivity contribution < 1.29 is 4.79 Å². The molecule has 1 saturated heterocycles. The van der Waals surface area contributed by atoms with Crippen molar-refractivity contribution in [3.05, 3.63) is 52.5 Å². The molecule has 0 saturated carbocycles. The maximum absolute atomic E-state index is 11.3. The van der Waals surface area contributed by atoms with Gasteiger partial charge in [0.15, 0.2) is 5.82 Å². The van der Waals surface area contributed by atoms with Gasteiger partial charge in [-0.2, -0.15) is 11.3 Å². The Morgan fingerprint density at radius 1 is 1.00 bits per heavy atom. The number of fused-ring (bicyclic) bond motifs is 1. The number of piperazine rings is 1. The van der Waals surface area contributed by atoms with Crippen molar-refractivity contribution in [2.45, 2.75) is 0 Å². The molecule has 0 unspecified atom stereocenters. The van der Waals surface area contributed by atoms with E-state index in [-0.39, 0.29) is 5.91 Å². The summed E-state index contributed by atoms with van der Waals surface area (Å²) in [5.74, 6) is 1.46. The van der Waals surface area contributed by atoms with Gasteiger partial charge in [-0.3, -0.25) is 9.69 Å². The van der Waals surface area contributed by atoms with Crippen molar-refractivity contribution in [1.29, 1.82) is 0 Å². The van der Waals surface area contributed by atoms with E-state index in [1.807, 2.05) is 6.07 Å². The topological polar surface area (TPSA) is 75.4 Å². The number of carbonyl (C=O) groups excluding carboxylic acids is 1. The van der Waals surface area contributed by atoms with E-state index < -0.39 is 0 Å². The first-order valence-electron chi connectivity index (χ1n) is 9.82. The molecule has 2 N–H and O–H groups in total. The number of nitrogens with zero attached hydrogens (tertiary/aromatic N) is 4. The summed E-state index contributed by atoms with van der Waals surface area (Å²) in [5, 5.41) is 7.42. The van der Waals surface area contributed by atoms with Crippen molar-refractivity contribution in [3.8, 4) is 22.5 Å². The minimum Gasteiger partial charge on any atom is -0.369 e. The van der Waals surface area contributed by atoms with E-state index in [9.17, 15) is 4.79 Å². The first-order valence-corrected chi connectivity index (χ1v) is 11.6. The van der Waals surface area contributed by atoms with E-state index in [0.717, 1.165) is 53.6 Å². The Morgan fingerprint density at radius 3 is 2.50 bits per heavy atom. The lowest BCUT2D eigenvalue weighted by Gasteiger charge is -2.35. The zero-order valence-electron chi connectivity index (χ0n) is 16.3. The summed E-state index contributed by atoms with van der Waals surface area (Å²) in [6.45, 7) is 3.47. The SMILES string of the molecule is NC(=O)CN1CCN(c2nc(-c3ccsc3)nc3scc(-c4ccccc4)c23)CC1. The molecule has 1 amide bonds. The van der Waals surface area contributed by atoms with Gasteiger partial charge in [-0.15, -0.1) is 11.3 Å². The minimum absolute atomic E-state index is 0.281. The van der Waals surface area contributed by atoms with Gasteiger partial charge >= 0.3 is 0 Å². The molecule has 4 aromatic rings. The van der Waals surface area contributed by atoms with Crippen LogP contribution in [0.25, 0.3) is 32.7 Å². The molecule has 1 aliphatic heterocycles. The quantitative estimate of drug-likeness (QED) is 0.517. The Bertz CT molecular complexity index is 1170. The van der Waals surface area contributed by atoms with Crippen LogP contribution >= 0.6 is 22.7 Å². The van der Waals surface area contributed by atoms with E-state index in [0.29, 0.717) is 6.54 Å². The summed E-state index contributed by atoms with van der Waals surface area (Å²) < 4.78 is 0. The highest BCUT2D eigenvalue weighted by molar-refractivity contribution is 7.17. The van der Waals surface area contributed by atoms with Gasteiger partial charge in [0.1, 0.15) is 10.6 Å². The van der Waals surface area contributed by atoms with Gasteiger partial charge in [0.2, 0.25) is 5.91 Å². The number of nitrogens with two attached hydrogens (primary N) is 1. The highest BCUT2D eigenvalue weighted by Crippen LogP contribution is 2.39. The average molecular weight is 436 g/mol. The van der Waals surface area contributed by atoms with Gasteiger partial charge in [-0.05, 0) is 17.0 Å². The number of amides is 1. The fourth-order valence-corrected chi connectivity index (χ4v) is 5.42. The van der Waals surface area contributed by atoms with Crippen LogP contribution in [-0.2, 0) is 4.79 Å². The number of hydrogen-bond acceptors (Lipinski definition) is 7. The fraction of sp³-hybridized carbons (Fsp3) is 0.227. The number of primary amides is 1. The highest BCUT2D eigenvalue weighted by Gasteiger charge is 2.24. The molecule has 0 radical (unpaired) electrons. The second-order valence-electron chi connectivity index (χ2n) is 7.31. The minimum atomic E-state index is -0.281. The third-order valence-corrected chi connectivity index (χ3v) is 6.89. The Morgan fingerprint density at radius 2 is 1.80 bits per heavy atom. The summed E-state index contributed by atoms with van der Waals surface area (Å²) in [6, 6.07) is 12.5. The molecule has 5 rings (SSSR count). The van der Waals surface area contributed by atoms with Crippen molar-refractivity contribution in [1.82, 2.24) is 14.9 Å². The number of carbonyl (C=O) groups is 1. The van der Waals surface area contributed by atoms with Crippen LogP contribution in [0, 0.1) is 0 Å². The summed E-state index contributed by atoms with van der Waals surface area (Å²) in [7, 11) is 0. The lowest BCUT2D eigenvalue weighted by Crippen LogP contribution is -2.49. The molecule has 0 atom stereocenters. The monoisotopic (exact) mass is 435 g/mol. The molecule has 8 heteroatoms. The first kappa shape index (κ1) is 19.2. The van der Waals surface area contributed by atoms with E-state index >= 15 is 0 Å². The normalized spacial score (nSPS) is 15.0. The molecule has 6 nitrogen and oxygen atoms in total. The molecule has 1 aromatic carbocycles. The van der Waals surface area contributed by atoms with Gasteiger partial charge < -0.3 is 10.6 Å². The number of rotatable bonds is 5. The van der Waals surface area contributed by atoms with E-state index in [4.69, 9.17) is 15.7 Å². The molecule has 0 bridgehead atoms. The zero-order chi connectivity index (χ0) is 20.5. The second-order valence-corrected chi connectivity index (χ2v) is 8.95. The smallest absolute Gasteiger partial charge is 0.231 e. The van der Waals surface area contributed by atoms with Crippen molar-refractivity contribution in [2.75, 3.05) is 37.6 Å². The molecule has 30 heavy (non-hydrogen) atoms. The van der Waals surface area contributed by atoms with Gasteiger partial charge in [0, 0.05) is 48.1 Å². The predicted molar refractivity (Wildman–Crippen MR) is 124 cm³/mol. The van der Waals surface area contributed by atoms with Gasteiger partial charge in [0.05, 0.1) is 11.9 Å². The molecule has 0 aliphatic carbocycles. The fourth-order valence-electron chi connectivity index (χ4n) is 3.84. The average Bonchev–Trinajstić information content (AvgIpc) is 3.44. The Labute approximate surface area is 182 Å². The van der Waals surface area contributed by atoms with Crippen LogP contribution in [0.3, 0.4) is 0 Å². The number of benzene rings is 1. The van der Waals surface area contributed by atoms with Crippen molar-refractivity contribution in [2.24, 2.45) is 5.73 Å². The predicted octanol–water partition coefficient (Wildman–Crippen LogP) is 3.69. The van der Waals surface area contributed by atoms with Crippen LogP contribution in [-0.4, -0.2) is 53.5 Å². The van der Waals surface area contributed by atoms with E-state index in [1.54, 1.807) is 22.7 Å². The lowest BCUT2D eigenvalue weighted by molar-refractivity contribution is -0.119. The molecule has 152 valence electrons. The van der Waals surface area contributed by atoms with Crippen molar-refractivity contribution in [3.63, 3.8) is 0 Å². The second kappa shape index (κ2) is 8.14. The number of anilines is 1. The zero-order valence-corrected chi connectivity index (χ0v) is 18.0. The molecule has 0 spiro atoms. The van der Waals surface area contributed by atoms with Gasteiger partial charge in [0.25, 0.3) is 0 Å². The maximum Gasteiger partial charge on any atom is 0.231 e. The molecular weight excluding hydrogens is 414 g/mol. The molecule has 3 aromatic heterocycles. The lowest BCUT2D eigenvalue weighted by atomic mass is 10.1. The van der Waals surface area contributed by atoms with Gasteiger partial charge in [-0.25, -0.2) is 9.97 Å². The van der Waals surface area contributed by atoms with Crippen molar-refractivity contribution >= 4 is 44.6 Å². The Kier molecular flexibility index (Phi) is 5.20. The van der Waals surface area contributed by atoms with Gasteiger partial charge in [-0.1, -0.05) is 30.3 Å². The number of hydrogen-bond donors (Lipinski definition) is 1. The Hall–Kier alpha value is -2.81. The summed E-state index contributed by atoms with van der Waals surface area (Å²) in [6.07, 6.45) is 0. The number of aromatic nitrogens is 2. The Balaban J connectivity index is 1.59. The maximum atomic E-state index is 11.3. The number of thiophene rings is 2. The van der Waals surface area contributed by atoms with Crippen LogP contribution in [0.1, 0.15) is 0 Å².